The minimum absolute atomic E-state index is 0.259. The van der Waals surface area contributed by atoms with Gasteiger partial charge in [-0.2, -0.15) is 10.2 Å². The Morgan fingerprint density at radius 1 is 1.06 bits per heavy atom. The molecule has 0 aromatic carbocycles. The molecule has 2 rings (SSSR count). The molecule has 96 valence electrons. The van der Waals surface area contributed by atoms with E-state index in [0.717, 1.165) is 22.8 Å². The van der Waals surface area contributed by atoms with E-state index in [2.05, 4.69) is 22.8 Å². The smallest absolute Gasteiger partial charge is 0.184 e. The average molecular weight is 280 g/mol. The first-order valence-corrected chi connectivity index (χ1v) is 6.54. The fraction of sp³-hybridized carbons (Fsp3) is 0.417. The first-order chi connectivity index (χ1) is 8.40. The van der Waals surface area contributed by atoms with E-state index >= 15 is 0 Å². The zero-order valence-corrected chi connectivity index (χ0v) is 12.6. The quantitative estimate of drug-likeness (QED) is 0.693. The second kappa shape index (κ2) is 4.85. The molecule has 0 saturated carbocycles. The van der Waals surface area contributed by atoms with Crippen molar-refractivity contribution in [2.24, 2.45) is 0 Å². The van der Waals surface area contributed by atoms with Gasteiger partial charge in [0.25, 0.3) is 0 Å². The fourth-order valence-corrected chi connectivity index (χ4v) is 2.52. The van der Waals surface area contributed by atoms with Crippen LogP contribution in [0.5, 0.6) is 0 Å². The molecule has 0 N–H and O–H groups in total. The highest BCUT2D eigenvalue weighted by molar-refractivity contribution is 8.11. The average Bonchev–Trinajstić information content (AvgIpc) is 2.71. The van der Waals surface area contributed by atoms with Crippen molar-refractivity contribution in [1.82, 2.24) is 19.6 Å². The highest BCUT2D eigenvalue weighted by Crippen LogP contribution is 2.19. The number of aromatic nitrogens is 4. The number of thiol groups is 1. The Bertz CT molecular complexity index is 551. The van der Waals surface area contributed by atoms with Gasteiger partial charge in [-0.15, -0.1) is 12.6 Å². The van der Waals surface area contributed by atoms with Crippen LogP contribution in [0.25, 0.3) is 0 Å². The summed E-state index contributed by atoms with van der Waals surface area (Å²) < 4.78 is 4.28. The number of aryl methyl sites for hydroxylation is 4. The molecule has 2 aromatic rings. The van der Waals surface area contributed by atoms with Crippen molar-refractivity contribution in [3.63, 3.8) is 0 Å². The summed E-state index contributed by atoms with van der Waals surface area (Å²) in [4.78, 5) is 0. The normalized spacial score (nSPS) is 11.2. The number of hydrogen-bond donors (Lipinski definition) is 1. The second-order valence-corrected chi connectivity index (χ2v) is 5.68. The molecule has 2 heterocycles. The minimum atomic E-state index is -0.259. The van der Waals surface area contributed by atoms with Crippen LogP contribution in [-0.4, -0.2) is 23.8 Å². The van der Waals surface area contributed by atoms with Crippen LogP contribution < -0.4 is 0 Å². The maximum atomic E-state index is 5.26. The second-order valence-electron chi connectivity index (χ2n) is 4.46. The van der Waals surface area contributed by atoms with Gasteiger partial charge in [0.15, 0.2) is 6.17 Å². The van der Waals surface area contributed by atoms with Crippen LogP contribution in [0.2, 0.25) is 0 Å². The highest BCUT2D eigenvalue weighted by atomic mass is 32.1. The van der Waals surface area contributed by atoms with Gasteiger partial charge in [0.2, 0.25) is 0 Å². The van der Waals surface area contributed by atoms with Crippen molar-refractivity contribution in [1.29, 1.82) is 0 Å². The lowest BCUT2D eigenvalue weighted by atomic mass is 10.4. The van der Waals surface area contributed by atoms with Crippen LogP contribution in [-0.2, 0) is 0 Å². The van der Waals surface area contributed by atoms with Crippen molar-refractivity contribution in [3.8, 4) is 0 Å². The fourth-order valence-electron chi connectivity index (χ4n) is 2.10. The Labute approximate surface area is 117 Å². The van der Waals surface area contributed by atoms with Gasteiger partial charge in [0.1, 0.15) is 0 Å². The van der Waals surface area contributed by atoms with Gasteiger partial charge >= 0.3 is 0 Å². The van der Waals surface area contributed by atoms with E-state index < -0.39 is 0 Å². The van der Waals surface area contributed by atoms with Gasteiger partial charge in [0, 0.05) is 11.4 Å². The molecule has 4 nitrogen and oxygen atoms in total. The molecule has 2 aromatic heterocycles. The lowest BCUT2D eigenvalue weighted by Gasteiger charge is -2.19. The molecule has 0 aliphatic heterocycles. The van der Waals surface area contributed by atoms with Crippen LogP contribution in [0.15, 0.2) is 12.1 Å². The summed E-state index contributed by atoms with van der Waals surface area (Å²) in [5.41, 5.74) is 4.01. The van der Waals surface area contributed by atoms with Gasteiger partial charge in [-0.1, -0.05) is 12.2 Å². The summed E-state index contributed by atoms with van der Waals surface area (Å²) in [5.74, 6) is 0. The Morgan fingerprint density at radius 3 is 1.67 bits per heavy atom. The first-order valence-electron chi connectivity index (χ1n) is 5.68. The summed E-state index contributed by atoms with van der Waals surface area (Å²) in [6.07, 6.45) is -0.259. The molecule has 0 unspecified atom stereocenters. The van der Waals surface area contributed by atoms with E-state index in [9.17, 15) is 0 Å². The van der Waals surface area contributed by atoms with Crippen LogP contribution in [0.4, 0.5) is 0 Å². The molecule has 6 heteroatoms. The van der Waals surface area contributed by atoms with Crippen molar-refractivity contribution in [2.45, 2.75) is 33.9 Å². The molecular formula is C12H16N4S2. The summed E-state index contributed by atoms with van der Waals surface area (Å²) in [7, 11) is 0. The van der Waals surface area contributed by atoms with Gasteiger partial charge in [-0.25, -0.2) is 9.36 Å². The standard InChI is InChI=1S/C12H16N4S2/c1-7-5-9(3)15(13-7)11(12(17)18)16-10(4)6-8(2)14-16/h5-6,11H,1-4H3,(H,17,18). The zero-order valence-electron chi connectivity index (χ0n) is 10.9. The minimum Gasteiger partial charge on any atom is -0.239 e. The Hall–Kier alpha value is -1.14. The largest absolute Gasteiger partial charge is 0.239 e. The van der Waals surface area contributed by atoms with Gasteiger partial charge in [0.05, 0.1) is 15.6 Å². The molecule has 0 saturated heterocycles. The first kappa shape index (κ1) is 13.3. The van der Waals surface area contributed by atoms with Crippen LogP contribution >= 0.6 is 24.8 Å². The predicted molar refractivity (Wildman–Crippen MR) is 79.4 cm³/mol. The number of rotatable bonds is 3. The van der Waals surface area contributed by atoms with E-state index in [4.69, 9.17) is 12.2 Å². The molecule has 18 heavy (non-hydrogen) atoms. The topological polar surface area (TPSA) is 35.6 Å². The van der Waals surface area contributed by atoms with Crippen molar-refractivity contribution >= 4 is 29.0 Å². The van der Waals surface area contributed by atoms with Gasteiger partial charge in [-0.05, 0) is 39.8 Å². The van der Waals surface area contributed by atoms with E-state index in [0.29, 0.717) is 4.20 Å². The number of thiocarbonyl (C=S) groups is 1. The van der Waals surface area contributed by atoms with E-state index in [1.54, 1.807) is 0 Å². The third kappa shape index (κ3) is 2.35. The number of nitrogens with zero attached hydrogens (tertiary/aromatic N) is 4. The molecule has 0 bridgehead atoms. The third-order valence-corrected chi connectivity index (χ3v) is 3.22. The SMILES string of the molecule is Cc1cc(C)n(C(C(=S)S)n2nc(C)cc2C)n1. The maximum absolute atomic E-state index is 5.26. The van der Waals surface area contributed by atoms with Crippen LogP contribution in [0, 0.1) is 27.7 Å². The monoisotopic (exact) mass is 280 g/mol. The number of hydrogen-bond acceptors (Lipinski definition) is 3. The van der Waals surface area contributed by atoms with Gasteiger partial charge < -0.3 is 0 Å². The molecule has 0 aliphatic rings. The molecule has 0 amide bonds. The Balaban J connectivity index is 2.57. The highest BCUT2D eigenvalue weighted by Gasteiger charge is 2.21. The zero-order chi connectivity index (χ0) is 13.4. The summed E-state index contributed by atoms with van der Waals surface area (Å²) >= 11 is 9.60. The maximum Gasteiger partial charge on any atom is 0.184 e. The molecule has 0 atom stereocenters. The van der Waals surface area contributed by atoms with Crippen LogP contribution in [0.3, 0.4) is 0 Å². The summed E-state index contributed by atoms with van der Waals surface area (Å²) in [5, 5.41) is 8.96. The predicted octanol–water partition coefficient (Wildman–Crippen LogP) is 2.62. The molecular weight excluding hydrogens is 264 g/mol. The third-order valence-electron chi connectivity index (χ3n) is 2.77. The lowest BCUT2D eigenvalue weighted by molar-refractivity contribution is 0.445. The lowest BCUT2D eigenvalue weighted by Crippen LogP contribution is -2.26. The van der Waals surface area contributed by atoms with Gasteiger partial charge in [-0.3, -0.25) is 0 Å². The van der Waals surface area contributed by atoms with Crippen molar-refractivity contribution < 1.29 is 0 Å². The van der Waals surface area contributed by atoms with Crippen molar-refractivity contribution in [2.75, 3.05) is 0 Å². The summed E-state index contributed by atoms with van der Waals surface area (Å²) in [6, 6.07) is 4.04. The molecule has 0 fully saturated rings. The van der Waals surface area contributed by atoms with E-state index in [1.807, 2.05) is 49.2 Å². The Kier molecular flexibility index (Phi) is 3.59. The Morgan fingerprint density at radius 2 is 1.44 bits per heavy atom. The van der Waals surface area contributed by atoms with E-state index in [-0.39, 0.29) is 6.17 Å². The molecule has 0 spiro atoms. The van der Waals surface area contributed by atoms with Crippen LogP contribution in [0.1, 0.15) is 28.9 Å². The molecule has 0 radical (unpaired) electrons. The summed E-state index contributed by atoms with van der Waals surface area (Å²) in [6.45, 7) is 7.93. The van der Waals surface area contributed by atoms with Crippen molar-refractivity contribution in [3.05, 3.63) is 34.9 Å². The van der Waals surface area contributed by atoms with E-state index in [1.165, 1.54) is 0 Å². The molecule has 0 aliphatic carbocycles.